The molecule has 7 heteroatoms. The van der Waals surface area contributed by atoms with Crippen LogP contribution in [0.3, 0.4) is 0 Å². The minimum Gasteiger partial charge on any atom is -0.341 e. The van der Waals surface area contributed by atoms with Crippen molar-refractivity contribution in [2.24, 2.45) is 7.05 Å². The van der Waals surface area contributed by atoms with E-state index < -0.39 is 22.7 Å². The Hall–Kier alpha value is -2.02. The van der Waals surface area contributed by atoms with Crippen molar-refractivity contribution in [2.75, 3.05) is 0 Å². The predicted molar refractivity (Wildman–Crippen MR) is 75.5 cm³/mol. The lowest BCUT2D eigenvalue weighted by Crippen LogP contribution is -2.16. The van der Waals surface area contributed by atoms with Gasteiger partial charge in [0.25, 0.3) is 0 Å². The molecule has 0 bridgehead atoms. The molecule has 0 amide bonds. The molecule has 0 aromatic heterocycles. The van der Waals surface area contributed by atoms with Crippen molar-refractivity contribution in [1.82, 2.24) is 9.55 Å². The molecule has 1 heterocycles. The molecule has 0 unspecified atom stereocenters. The van der Waals surface area contributed by atoms with Crippen LogP contribution in [0.2, 0.25) is 0 Å². The molecule has 0 saturated carbocycles. The van der Waals surface area contributed by atoms with Gasteiger partial charge in [-0.05, 0) is 36.0 Å². The standard InChI is InChI=1S/C14H9F3N2OS/c1-19-9-5-3-2-4-8(9)18-12-10(19)6-7-11(13(12)20)21-14(15,16)17/h2-7H,1H3. The van der Waals surface area contributed by atoms with Gasteiger partial charge in [-0.1, -0.05) is 12.1 Å². The van der Waals surface area contributed by atoms with E-state index in [1.165, 1.54) is 12.1 Å². The monoisotopic (exact) mass is 310 g/mol. The number of rotatable bonds is 1. The molecule has 0 atom stereocenters. The highest BCUT2D eigenvalue weighted by Crippen LogP contribution is 2.36. The molecule has 2 aliphatic rings. The van der Waals surface area contributed by atoms with Gasteiger partial charge in [-0.15, -0.1) is 0 Å². The van der Waals surface area contributed by atoms with Crippen molar-refractivity contribution in [3.05, 3.63) is 46.6 Å². The number of halogens is 3. The Morgan fingerprint density at radius 3 is 2.57 bits per heavy atom. The van der Waals surface area contributed by atoms with Crippen molar-refractivity contribution in [3.63, 3.8) is 0 Å². The van der Waals surface area contributed by atoms with Gasteiger partial charge in [0.1, 0.15) is 5.69 Å². The van der Waals surface area contributed by atoms with E-state index in [1.807, 2.05) is 12.1 Å². The smallest absolute Gasteiger partial charge is 0.341 e. The van der Waals surface area contributed by atoms with E-state index in [4.69, 9.17) is 0 Å². The third kappa shape index (κ3) is 2.49. The number of thioether (sulfide) groups is 1. The van der Waals surface area contributed by atoms with Crippen LogP contribution in [0.5, 0.6) is 0 Å². The molecular formula is C14H9F3N2OS. The first-order chi connectivity index (χ1) is 9.87. The van der Waals surface area contributed by atoms with E-state index in [0.29, 0.717) is 11.2 Å². The van der Waals surface area contributed by atoms with Crippen LogP contribution in [0.25, 0.3) is 22.4 Å². The highest BCUT2D eigenvalue weighted by molar-refractivity contribution is 8.00. The Balaban J connectivity index is 2.31. The van der Waals surface area contributed by atoms with Crippen LogP contribution in [-0.2, 0) is 7.05 Å². The maximum Gasteiger partial charge on any atom is 0.446 e. The van der Waals surface area contributed by atoms with Gasteiger partial charge in [-0.3, -0.25) is 4.79 Å². The van der Waals surface area contributed by atoms with Gasteiger partial charge in [0.05, 0.1) is 21.6 Å². The number of alkyl halides is 3. The second kappa shape index (κ2) is 4.77. The molecule has 3 nitrogen and oxygen atoms in total. The molecule has 1 aliphatic heterocycles. The summed E-state index contributed by atoms with van der Waals surface area (Å²) in [5.41, 5.74) is -3.27. The van der Waals surface area contributed by atoms with Crippen molar-refractivity contribution in [1.29, 1.82) is 0 Å². The number of hydrogen-bond acceptors (Lipinski definition) is 3. The second-order valence-corrected chi connectivity index (χ2v) is 5.57. The van der Waals surface area contributed by atoms with Crippen molar-refractivity contribution < 1.29 is 13.2 Å². The maximum absolute atomic E-state index is 12.5. The van der Waals surface area contributed by atoms with Crippen LogP contribution in [-0.4, -0.2) is 15.1 Å². The van der Waals surface area contributed by atoms with Gasteiger partial charge in [-0.25, -0.2) is 4.98 Å². The van der Waals surface area contributed by atoms with Gasteiger partial charge in [0, 0.05) is 7.05 Å². The van der Waals surface area contributed by atoms with E-state index in [9.17, 15) is 18.0 Å². The normalized spacial score (nSPS) is 12.2. The van der Waals surface area contributed by atoms with Crippen molar-refractivity contribution >= 4 is 22.8 Å². The number of aromatic nitrogens is 2. The largest absolute Gasteiger partial charge is 0.446 e. The summed E-state index contributed by atoms with van der Waals surface area (Å²) in [4.78, 5) is 16.1. The zero-order chi connectivity index (χ0) is 15.2. The number of para-hydroxylation sites is 2. The maximum atomic E-state index is 12.5. The molecule has 21 heavy (non-hydrogen) atoms. The molecule has 1 aromatic rings. The molecule has 1 aromatic carbocycles. The number of hydrogen-bond donors (Lipinski definition) is 0. The molecule has 0 saturated heterocycles. The third-order valence-corrected chi connectivity index (χ3v) is 3.91. The average molecular weight is 310 g/mol. The first-order valence-corrected chi connectivity index (χ1v) is 6.83. The van der Waals surface area contributed by atoms with Gasteiger partial charge in [0.15, 0.2) is 0 Å². The number of aryl methyl sites for hydroxylation is 1. The highest BCUT2D eigenvalue weighted by Gasteiger charge is 2.31. The zero-order valence-electron chi connectivity index (χ0n) is 10.8. The summed E-state index contributed by atoms with van der Waals surface area (Å²) in [5, 5.41) is 0. The molecule has 0 fully saturated rings. The van der Waals surface area contributed by atoms with Gasteiger partial charge >= 0.3 is 5.51 Å². The summed E-state index contributed by atoms with van der Waals surface area (Å²) in [6.07, 6.45) is 0. The van der Waals surface area contributed by atoms with E-state index in [1.54, 1.807) is 23.7 Å². The Kier molecular flexibility index (Phi) is 3.16. The SMILES string of the molecule is Cn1c2ccc(SC(F)(F)F)c(=O)c-2nc2ccccc21. The summed E-state index contributed by atoms with van der Waals surface area (Å²) >= 11 is -0.408. The first-order valence-electron chi connectivity index (χ1n) is 6.01. The third-order valence-electron chi connectivity index (χ3n) is 3.14. The minimum absolute atomic E-state index is 0.0467. The summed E-state index contributed by atoms with van der Waals surface area (Å²) in [6.45, 7) is 0. The topological polar surface area (TPSA) is 34.9 Å². The van der Waals surface area contributed by atoms with Crippen LogP contribution in [0.15, 0.2) is 46.1 Å². The first kappa shape index (κ1) is 13.9. The molecule has 1 aliphatic carbocycles. The van der Waals surface area contributed by atoms with Gasteiger partial charge in [0.2, 0.25) is 5.43 Å². The van der Waals surface area contributed by atoms with E-state index in [2.05, 4.69) is 4.98 Å². The molecule has 108 valence electrons. The van der Waals surface area contributed by atoms with Crippen LogP contribution in [0.4, 0.5) is 13.2 Å². The minimum atomic E-state index is -4.49. The Morgan fingerprint density at radius 2 is 1.86 bits per heavy atom. The zero-order valence-corrected chi connectivity index (χ0v) is 11.6. The molecule has 0 radical (unpaired) electrons. The number of fused-ring (bicyclic) bond motifs is 2. The van der Waals surface area contributed by atoms with Crippen LogP contribution >= 0.6 is 11.8 Å². The fraction of sp³-hybridized carbons (Fsp3) is 0.143. The fourth-order valence-electron chi connectivity index (χ4n) is 2.22. The predicted octanol–water partition coefficient (Wildman–Crippen LogP) is 3.65. The lowest BCUT2D eigenvalue weighted by atomic mass is 10.1. The Bertz CT molecular complexity index is 857. The molecule has 3 rings (SSSR count). The van der Waals surface area contributed by atoms with E-state index in [-0.39, 0.29) is 10.6 Å². The van der Waals surface area contributed by atoms with E-state index in [0.717, 1.165) is 5.52 Å². The van der Waals surface area contributed by atoms with E-state index >= 15 is 0 Å². The number of benzene rings is 2. The molecule has 0 N–H and O–H groups in total. The quantitative estimate of drug-likeness (QED) is 0.508. The molecular weight excluding hydrogens is 301 g/mol. The van der Waals surface area contributed by atoms with Crippen molar-refractivity contribution in [3.8, 4) is 11.4 Å². The highest BCUT2D eigenvalue weighted by atomic mass is 32.2. The van der Waals surface area contributed by atoms with Gasteiger partial charge in [-0.2, -0.15) is 13.2 Å². The van der Waals surface area contributed by atoms with Gasteiger partial charge < -0.3 is 4.57 Å². The lowest BCUT2D eigenvalue weighted by Gasteiger charge is -2.15. The summed E-state index contributed by atoms with van der Waals surface area (Å²) in [7, 11) is 1.75. The Morgan fingerprint density at radius 1 is 1.14 bits per heavy atom. The van der Waals surface area contributed by atoms with Crippen molar-refractivity contribution in [2.45, 2.75) is 10.4 Å². The summed E-state index contributed by atoms with van der Waals surface area (Å²) in [6, 6.07) is 9.84. The second-order valence-electron chi connectivity index (χ2n) is 4.47. The summed E-state index contributed by atoms with van der Waals surface area (Å²) in [5.74, 6) is 0. The fourth-order valence-corrected chi connectivity index (χ4v) is 2.79. The van der Waals surface area contributed by atoms with Crippen LogP contribution in [0.1, 0.15) is 0 Å². The number of nitrogens with zero attached hydrogens (tertiary/aromatic N) is 2. The van der Waals surface area contributed by atoms with Crippen LogP contribution < -0.4 is 5.43 Å². The van der Waals surface area contributed by atoms with Crippen LogP contribution in [0, 0.1) is 0 Å². The Labute approximate surface area is 121 Å². The summed E-state index contributed by atoms with van der Waals surface area (Å²) < 4.78 is 39.1. The molecule has 0 spiro atoms. The average Bonchev–Trinajstić information content (AvgIpc) is 2.42. The lowest BCUT2D eigenvalue weighted by molar-refractivity contribution is -0.0328.